The maximum Gasteiger partial charge on any atom is 0.164 e. The average Bonchev–Trinajstić information content (AvgIpc) is 1.53. The molecule has 6 heterocycles. The molecule has 6 aromatic heterocycles. The van der Waals surface area contributed by atoms with Gasteiger partial charge in [0.1, 0.15) is 22.3 Å². The molecule has 0 aliphatic heterocycles. The van der Waals surface area contributed by atoms with Gasteiger partial charge < -0.3 is 8.83 Å². The number of rotatable bonds is 10. The molecule has 135 heavy (non-hydrogen) atoms. The summed E-state index contributed by atoms with van der Waals surface area (Å²) in [6.45, 7) is 0. The second-order valence-electron chi connectivity index (χ2n) is 34.0. The lowest BCUT2D eigenvalue weighted by atomic mass is 9.92. The van der Waals surface area contributed by atoms with Crippen LogP contribution in [0.1, 0.15) is 0 Å². The Morgan fingerprint density at radius 1 is 0.148 bits per heavy atom. The lowest BCUT2D eigenvalue weighted by Crippen LogP contribution is -2.00. The van der Waals surface area contributed by atoms with Gasteiger partial charge in [0.05, 0.1) is 0 Å². The molecule has 0 radical (unpaired) electrons. The summed E-state index contributed by atoms with van der Waals surface area (Å²) in [5.41, 5.74) is 14.6. The molecule has 0 atom stereocenters. The van der Waals surface area contributed by atoms with Crippen LogP contribution in [0.3, 0.4) is 0 Å². The Labute approximate surface area is 777 Å². The lowest BCUT2D eigenvalue weighted by molar-refractivity contribution is 0.669. The average molecular weight is 1740 g/mol. The third-order valence-electron chi connectivity index (χ3n) is 26.1. The van der Waals surface area contributed by atoms with Crippen LogP contribution in [0.15, 0.2) is 452 Å². The minimum atomic E-state index is 0.641. The fourth-order valence-corrected chi connectivity index (χ4v) is 21.0. The highest BCUT2D eigenvalue weighted by Gasteiger charge is 2.24. The molecule has 0 aliphatic rings. The fraction of sp³-hybridized carbons (Fsp3) is 0. The standard InChI is InChI=1S/C45H27N3O.C39H23N3O.C39H23N3S/c1-3-9-28(10-4-1)29-15-18-32(19-16-29)44-46-43(31-11-5-2-6-12-31)47-45(48-44)34-22-23-35-33(27-34)20-17-30-21-24-37-36(41(30)35)25-26-40-42(37)38-13-7-8-14-39(38)49-40;2*1-3-11-24(12-4-1)37-40-38(25-13-5-2-6-14-25)42-39(41-37)27-20-21-28-26(23-27)19-22-32-34(28)29-15-7-8-16-30(29)35-31-17-9-10-18-33(31)43-36(32)35/h1-27H;2*1-23H. The van der Waals surface area contributed by atoms with Crippen molar-refractivity contribution >= 4 is 172 Å². The molecule has 0 fully saturated rings. The van der Waals surface area contributed by atoms with Crippen LogP contribution in [-0.2, 0) is 0 Å². The van der Waals surface area contributed by atoms with Gasteiger partial charge >= 0.3 is 0 Å². The van der Waals surface area contributed by atoms with E-state index in [1.807, 2.05) is 193 Å². The first kappa shape index (κ1) is 78.1. The summed E-state index contributed by atoms with van der Waals surface area (Å²) in [6, 6.07) is 154. The molecule has 628 valence electrons. The normalized spacial score (nSPS) is 11.7. The van der Waals surface area contributed by atoms with Crippen molar-refractivity contribution in [3.05, 3.63) is 443 Å². The van der Waals surface area contributed by atoms with Crippen molar-refractivity contribution in [1.82, 2.24) is 44.9 Å². The lowest BCUT2D eigenvalue weighted by Gasteiger charge is -2.12. The molecule has 0 unspecified atom stereocenters. The Bertz CT molecular complexity index is 9150. The Hall–Kier alpha value is -18.0. The van der Waals surface area contributed by atoms with Crippen molar-refractivity contribution in [2.75, 3.05) is 0 Å². The molecule has 11 nitrogen and oxygen atoms in total. The quantitative estimate of drug-likeness (QED) is 0.121. The molecule has 0 amide bonds. The molecule has 12 heteroatoms. The number of aromatic nitrogens is 9. The predicted octanol–water partition coefficient (Wildman–Crippen LogP) is 32.8. The van der Waals surface area contributed by atoms with Gasteiger partial charge in [-0.05, 0) is 147 Å². The Kier molecular flexibility index (Phi) is 18.9. The number of furan rings is 2. The van der Waals surface area contributed by atoms with Crippen molar-refractivity contribution in [2.24, 2.45) is 0 Å². The van der Waals surface area contributed by atoms with Crippen molar-refractivity contribution in [2.45, 2.75) is 0 Å². The summed E-state index contributed by atoms with van der Waals surface area (Å²) < 4.78 is 15.4. The molecule has 0 saturated carbocycles. The zero-order valence-corrected chi connectivity index (χ0v) is 73.2. The van der Waals surface area contributed by atoms with E-state index in [1.165, 1.54) is 112 Å². The molecule has 0 spiro atoms. The van der Waals surface area contributed by atoms with E-state index in [0.29, 0.717) is 52.4 Å². The van der Waals surface area contributed by atoms with Gasteiger partial charge in [-0.3, -0.25) is 0 Å². The second kappa shape index (κ2) is 32.6. The highest BCUT2D eigenvalue weighted by molar-refractivity contribution is 7.27. The summed E-state index contributed by atoms with van der Waals surface area (Å²) in [6.07, 6.45) is 0. The smallest absolute Gasteiger partial charge is 0.164 e. The van der Waals surface area contributed by atoms with Crippen LogP contribution < -0.4 is 0 Å². The first-order chi connectivity index (χ1) is 66.9. The highest BCUT2D eigenvalue weighted by atomic mass is 32.1. The van der Waals surface area contributed by atoms with E-state index in [2.05, 4.69) is 261 Å². The number of nitrogens with zero attached hydrogens (tertiary/aromatic N) is 9. The van der Waals surface area contributed by atoms with E-state index in [0.717, 1.165) is 110 Å². The molecule has 0 N–H and O–H groups in total. The van der Waals surface area contributed by atoms with Crippen LogP contribution in [0.5, 0.6) is 0 Å². The number of thiophene rings is 1. The number of hydrogen-bond acceptors (Lipinski definition) is 12. The van der Waals surface area contributed by atoms with E-state index >= 15 is 0 Å². The van der Waals surface area contributed by atoms with Crippen molar-refractivity contribution in [3.63, 3.8) is 0 Å². The first-order valence-electron chi connectivity index (χ1n) is 45.2. The summed E-state index contributed by atoms with van der Waals surface area (Å²) in [4.78, 5) is 44.5. The summed E-state index contributed by atoms with van der Waals surface area (Å²) in [5.74, 6) is 5.89. The van der Waals surface area contributed by atoms with E-state index in [4.69, 9.17) is 53.7 Å². The summed E-state index contributed by atoms with van der Waals surface area (Å²) in [5, 5.41) is 29.0. The minimum absolute atomic E-state index is 0.641. The topological polar surface area (TPSA) is 142 Å². The third kappa shape index (κ3) is 13.8. The number of benzene rings is 22. The molecular formula is C123H73N9O2S. The van der Waals surface area contributed by atoms with Gasteiger partial charge in [-0.15, -0.1) is 11.3 Å². The SMILES string of the molecule is c1ccc(-c2ccc(-c3nc(-c4ccccc4)nc(-c4ccc5c(ccc6ccc7c(ccc8oc9ccccc9c87)c65)c4)n3)cc2)cc1.c1ccc(-c2nc(-c3ccccc3)nc(-c3ccc4c(ccc5c6oc7ccccc7c6c6ccccc6c45)c3)n2)cc1.c1ccc(-c2nc(-c3ccccc3)nc(-c3ccc4c(ccc5c6sc7ccccc7c6c6ccccc6c45)c3)n2)cc1. The zero-order chi connectivity index (χ0) is 89.0. The van der Waals surface area contributed by atoms with Crippen molar-refractivity contribution < 1.29 is 8.83 Å². The third-order valence-corrected chi connectivity index (χ3v) is 27.3. The largest absolute Gasteiger partial charge is 0.456 e. The monoisotopic (exact) mass is 1740 g/mol. The first-order valence-corrected chi connectivity index (χ1v) is 46.0. The summed E-state index contributed by atoms with van der Waals surface area (Å²) in [7, 11) is 0. The predicted molar refractivity (Wildman–Crippen MR) is 559 cm³/mol. The molecular weight excluding hydrogens is 1670 g/mol. The molecule has 28 aromatic rings. The van der Waals surface area contributed by atoms with Crippen LogP contribution in [0, 0.1) is 0 Å². The maximum atomic E-state index is 6.50. The van der Waals surface area contributed by atoms with E-state index in [9.17, 15) is 0 Å². The van der Waals surface area contributed by atoms with Gasteiger partial charge in [0.2, 0.25) is 0 Å². The van der Waals surface area contributed by atoms with Gasteiger partial charge in [0, 0.05) is 108 Å². The van der Waals surface area contributed by atoms with Gasteiger partial charge in [0.15, 0.2) is 52.4 Å². The van der Waals surface area contributed by atoms with Crippen LogP contribution >= 0.6 is 11.3 Å². The molecule has 0 saturated heterocycles. The van der Waals surface area contributed by atoms with Crippen molar-refractivity contribution in [1.29, 1.82) is 0 Å². The van der Waals surface area contributed by atoms with Crippen LogP contribution in [0.25, 0.3) is 275 Å². The van der Waals surface area contributed by atoms with Gasteiger partial charge in [-0.2, -0.15) is 0 Å². The Morgan fingerprint density at radius 3 is 0.889 bits per heavy atom. The van der Waals surface area contributed by atoms with E-state index < -0.39 is 0 Å². The molecule has 28 rings (SSSR count). The second-order valence-corrected chi connectivity index (χ2v) is 35.1. The van der Waals surface area contributed by atoms with E-state index in [1.54, 1.807) is 0 Å². The number of para-hydroxylation sites is 2. The van der Waals surface area contributed by atoms with Crippen LogP contribution in [-0.4, -0.2) is 44.9 Å². The highest BCUT2D eigenvalue weighted by Crippen LogP contribution is 2.49. The molecule has 0 aliphatic carbocycles. The Morgan fingerprint density at radius 2 is 0.422 bits per heavy atom. The minimum Gasteiger partial charge on any atom is -0.456 e. The number of hydrogen-bond donors (Lipinski definition) is 0. The fourth-order valence-electron chi connectivity index (χ4n) is 19.7. The molecule has 0 bridgehead atoms. The number of fused-ring (bicyclic) bond motifs is 29. The zero-order valence-electron chi connectivity index (χ0n) is 72.4. The Balaban J connectivity index is 0.000000106. The van der Waals surface area contributed by atoms with Gasteiger partial charge in [-0.1, -0.05) is 388 Å². The molecule has 22 aromatic carbocycles. The van der Waals surface area contributed by atoms with Gasteiger partial charge in [0.25, 0.3) is 0 Å². The van der Waals surface area contributed by atoms with Crippen LogP contribution in [0.2, 0.25) is 0 Å². The van der Waals surface area contributed by atoms with Crippen LogP contribution in [0.4, 0.5) is 0 Å². The van der Waals surface area contributed by atoms with Gasteiger partial charge in [-0.25, -0.2) is 44.9 Å². The van der Waals surface area contributed by atoms with E-state index in [-0.39, 0.29) is 0 Å². The maximum absolute atomic E-state index is 6.50. The summed E-state index contributed by atoms with van der Waals surface area (Å²) >= 11 is 1.89. The van der Waals surface area contributed by atoms with Crippen molar-refractivity contribution in [3.8, 4) is 114 Å².